The summed E-state index contributed by atoms with van der Waals surface area (Å²) in [5, 5.41) is 9.28. The van der Waals surface area contributed by atoms with Crippen molar-refractivity contribution in [1.29, 1.82) is 0 Å². The molecule has 0 saturated heterocycles. The molecule has 0 aliphatic carbocycles. The van der Waals surface area contributed by atoms with Crippen molar-refractivity contribution in [3.8, 4) is 11.5 Å². The number of nitrogens with zero attached hydrogens (tertiary/aromatic N) is 1. The summed E-state index contributed by atoms with van der Waals surface area (Å²) in [5.41, 5.74) is 0.307. The van der Waals surface area contributed by atoms with Crippen molar-refractivity contribution >= 4 is 5.97 Å². The first-order valence-corrected chi connectivity index (χ1v) is 7.17. The maximum atomic E-state index is 11.3. The lowest BCUT2D eigenvalue weighted by Gasteiger charge is -2.36. The van der Waals surface area contributed by atoms with Gasteiger partial charge in [0.25, 0.3) is 0 Å². The zero-order valence-electron chi connectivity index (χ0n) is 13.0. The fourth-order valence-electron chi connectivity index (χ4n) is 2.37. The standard InChI is InChI=1S/C16H23NO4/c1-11(17(4)16(2,3)15(18)19)5-6-12-7-8-13-14(9-12)21-10-20-13/h7-9,11H,5-6,10H2,1-4H3,(H,18,19). The number of hydrogen-bond donors (Lipinski definition) is 1. The number of rotatable bonds is 6. The summed E-state index contributed by atoms with van der Waals surface area (Å²) < 4.78 is 10.7. The normalized spacial score (nSPS) is 15.3. The van der Waals surface area contributed by atoms with Crippen LogP contribution in [0, 0.1) is 0 Å². The van der Waals surface area contributed by atoms with Crippen molar-refractivity contribution in [3.63, 3.8) is 0 Å². The van der Waals surface area contributed by atoms with Crippen LogP contribution < -0.4 is 9.47 Å². The molecule has 1 heterocycles. The molecule has 116 valence electrons. The van der Waals surface area contributed by atoms with Crippen LogP contribution in [0.25, 0.3) is 0 Å². The van der Waals surface area contributed by atoms with Crippen LogP contribution in [0.15, 0.2) is 18.2 Å². The third-order valence-corrected chi connectivity index (χ3v) is 4.35. The number of carbonyl (C=O) groups is 1. The predicted molar refractivity (Wildman–Crippen MR) is 79.8 cm³/mol. The summed E-state index contributed by atoms with van der Waals surface area (Å²) in [5.74, 6) is 0.773. The van der Waals surface area contributed by atoms with Gasteiger partial charge in [-0.25, -0.2) is 0 Å². The molecule has 0 amide bonds. The van der Waals surface area contributed by atoms with E-state index in [4.69, 9.17) is 9.47 Å². The first kappa shape index (κ1) is 15.6. The van der Waals surface area contributed by atoms with Crippen molar-refractivity contribution in [3.05, 3.63) is 23.8 Å². The van der Waals surface area contributed by atoms with Gasteiger partial charge in [-0.3, -0.25) is 9.69 Å². The Morgan fingerprint density at radius 1 is 1.38 bits per heavy atom. The van der Waals surface area contributed by atoms with E-state index in [2.05, 4.69) is 6.92 Å². The summed E-state index contributed by atoms with van der Waals surface area (Å²) in [6.07, 6.45) is 1.75. The second-order valence-corrected chi connectivity index (χ2v) is 6.05. The Balaban J connectivity index is 1.95. The van der Waals surface area contributed by atoms with E-state index >= 15 is 0 Å². The Morgan fingerprint density at radius 2 is 2.05 bits per heavy atom. The Bertz CT molecular complexity index is 527. The lowest BCUT2D eigenvalue weighted by atomic mass is 9.98. The number of aryl methyl sites for hydroxylation is 1. The fraction of sp³-hybridized carbons (Fsp3) is 0.562. The molecule has 2 rings (SSSR count). The van der Waals surface area contributed by atoms with Crippen LogP contribution in [-0.2, 0) is 11.2 Å². The number of carboxylic acids is 1. The van der Waals surface area contributed by atoms with Gasteiger partial charge in [-0.1, -0.05) is 6.07 Å². The van der Waals surface area contributed by atoms with Gasteiger partial charge in [0.1, 0.15) is 5.54 Å². The van der Waals surface area contributed by atoms with Gasteiger partial charge in [0.2, 0.25) is 6.79 Å². The Kier molecular flexibility index (Phi) is 4.42. The van der Waals surface area contributed by atoms with Crippen LogP contribution in [0.3, 0.4) is 0 Å². The molecule has 0 saturated carbocycles. The van der Waals surface area contributed by atoms with Crippen LogP contribution in [0.5, 0.6) is 11.5 Å². The Morgan fingerprint density at radius 3 is 2.71 bits per heavy atom. The van der Waals surface area contributed by atoms with E-state index in [-0.39, 0.29) is 12.8 Å². The van der Waals surface area contributed by atoms with E-state index in [1.165, 1.54) is 5.56 Å². The molecule has 1 aliphatic rings. The highest BCUT2D eigenvalue weighted by Crippen LogP contribution is 2.33. The number of benzene rings is 1. The van der Waals surface area contributed by atoms with Crippen molar-refractivity contribution < 1.29 is 19.4 Å². The molecule has 1 aromatic carbocycles. The monoisotopic (exact) mass is 293 g/mol. The van der Waals surface area contributed by atoms with E-state index in [1.54, 1.807) is 13.8 Å². The first-order chi connectivity index (χ1) is 9.82. The molecule has 0 spiro atoms. The number of fused-ring (bicyclic) bond motifs is 1. The molecule has 1 unspecified atom stereocenters. The van der Waals surface area contributed by atoms with Crippen LogP contribution in [0.4, 0.5) is 0 Å². The van der Waals surface area contributed by atoms with Gasteiger partial charge in [0.05, 0.1) is 0 Å². The van der Waals surface area contributed by atoms with Crippen LogP contribution in [0.2, 0.25) is 0 Å². The molecular formula is C16H23NO4. The minimum Gasteiger partial charge on any atom is -0.480 e. The third-order valence-electron chi connectivity index (χ3n) is 4.35. The van der Waals surface area contributed by atoms with E-state index in [1.807, 2.05) is 30.1 Å². The number of ether oxygens (including phenoxy) is 2. The van der Waals surface area contributed by atoms with Crippen LogP contribution >= 0.6 is 0 Å². The number of likely N-dealkylation sites (N-methyl/N-ethyl adjacent to an activating group) is 1. The largest absolute Gasteiger partial charge is 0.480 e. The maximum absolute atomic E-state index is 11.3. The minimum absolute atomic E-state index is 0.168. The zero-order valence-corrected chi connectivity index (χ0v) is 13.0. The quantitative estimate of drug-likeness (QED) is 0.873. The molecule has 5 nitrogen and oxygen atoms in total. The third kappa shape index (κ3) is 3.29. The molecule has 1 aliphatic heterocycles. The van der Waals surface area contributed by atoms with Gasteiger partial charge in [-0.05, 0) is 58.4 Å². The number of hydrogen-bond acceptors (Lipinski definition) is 4. The number of carboxylic acid groups (broad SMARTS) is 1. The summed E-state index contributed by atoms with van der Waals surface area (Å²) in [6.45, 7) is 5.79. The maximum Gasteiger partial charge on any atom is 0.323 e. The zero-order chi connectivity index (χ0) is 15.6. The Labute approximate surface area is 125 Å². The number of aliphatic carboxylic acids is 1. The second kappa shape index (κ2) is 5.93. The molecule has 0 bridgehead atoms. The molecule has 0 radical (unpaired) electrons. The summed E-state index contributed by atoms with van der Waals surface area (Å²) >= 11 is 0. The molecule has 5 heteroatoms. The molecule has 0 aromatic heterocycles. The molecule has 1 N–H and O–H groups in total. The summed E-state index contributed by atoms with van der Waals surface area (Å²) in [4.78, 5) is 13.2. The first-order valence-electron chi connectivity index (χ1n) is 7.17. The highest BCUT2D eigenvalue weighted by atomic mass is 16.7. The fourth-order valence-corrected chi connectivity index (χ4v) is 2.37. The highest BCUT2D eigenvalue weighted by Gasteiger charge is 2.34. The van der Waals surface area contributed by atoms with Gasteiger partial charge >= 0.3 is 5.97 Å². The Hall–Kier alpha value is -1.75. The molecule has 1 atom stereocenters. The van der Waals surface area contributed by atoms with Crippen LogP contribution in [0.1, 0.15) is 32.8 Å². The van der Waals surface area contributed by atoms with Gasteiger partial charge < -0.3 is 14.6 Å². The van der Waals surface area contributed by atoms with Crippen LogP contribution in [-0.4, -0.2) is 41.4 Å². The van der Waals surface area contributed by atoms with Gasteiger partial charge in [0.15, 0.2) is 11.5 Å². The van der Waals surface area contributed by atoms with E-state index in [9.17, 15) is 9.90 Å². The van der Waals surface area contributed by atoms with Gasteiger partial charge in [-0.2, -0.15) is 0 Å². The smallest absolute Gasteiger partial charge is 0.323 e. The van der Waals surface area contributed by atoms with Crippen molar-refractivity contribution in [2.45, 2.75) is 45.2 Å². The van der Waals surface area contributed by atoms with E-state index in [0.29, 0.717) is 0 Å². The lowest BCUT2D eigenvalue weighted by molar-refractivity contribution is -0.149. The van der Waals surface area contributed by atoms with Crippen molar-refractivity contribution in [1.82, 2.24) is 4.90 Å². The molecule has 0 fully saturated rings. The van der Waals surface area contributed by atoms with E-state index in [0.717, 1.165) is 24.3 Å². The molecular weight excluding hydrogens is 270 g/mol. The summed E-state index contributed by atoms with van der Waals surface area (Å²) in [7, 11) is 1.86. The lowest BCUT2D eigenvalue weighted by Crippen LogP contribution is -2.51. The highest BCUT2D eigenvalue weighted by molar-refractivity contribution is 5.77. The van der Waals surface area contributed by atoms with Gasteiger partial charge in [-0.15, -0.1) is 0 Å². The SMILES string of the molecule is CC(CCc1ccc2c(c1)OCO2)N(C)C(C)(C)C(=O)O. The minimum atomic E-state index is -0.867. The molecule has 1 aromatic rings. The average molecular weight is 293 g/mol. The topological polar surface area (TPSA) is 59.0 Å². The second-order valence-electron chi connectivity index (χ2n) is 6.05. The van der Waals surface area contributed by atoms with Gasteiger partial charge in [0, 0.05) is 6.04 Å². The van der Waals surface area contributed by atoms with E-state index < -0.39 is 11.5 Å². The average Bonchev–Trinajstić information content (AvgIpc) is 2.91. The predicted octanol–water partition coefficient (Wildman–Crippen LogP) is 2.53. The summed E-state index contributed by atoms with van der Waals surface area (Å²) in [6, 6.07) is 6.12. The molecule has 21 heavy (non-hydrogen) atoms. The van der Waals surface area contributed by atoms with Crippen molar-refractivity contribution in [2.75, 3.05) is 13.8 Å². The van der Waals surface area contributed by atoms with Crippen molar-refractivity contribution in [2.24, 2.45) is 0 Å².